The van der Waals surface area contributed by atoms with Gasteiger partial charge < -0.3 is 10.3 Å². The Morgan fingerprint density at radius 3 is 2.79 bits per heavy atom. The zero-order valence-corrected chi connectivity index (χ0v) is 11.3. The quantitative estimate of drug-likeness (QED) is 0.921. The van der Waals surface area contributed by atoms with E-state index >= 15 is 0 Å². The van der Waals surface area contributed by atoms with Crippen LogP contribution in [0.15, 0.2) is 18.2 Å². The highest BCUT2D eigenvalue weighted by Gasteiger charge is 2.36. The van der Waals surface area contributed by atoms with Gasteiger partial charge in [0.2, 0.25) is 0 Å². The predicted octanol–water partition coefficient (Wildman–Crippen LogP) is 3.31. The molecule has 19 heavy (non-hydrogen) atoms. The minimum atomic E-state index is -0.329. The van der Waals surface area contributed by atoms with Crippen LogP contribution in [0, 0.1) is 5.82 Å². The molecule has 0 spiro atoms. The zero-order chi connectivity index (χ0) is 13.5. The van der Waals surface area contributed by atoms with Crippen LogP contribution >= 0.6 is 0 Å². The van der Waals surface area contributed by atoms with Crippen molar-refractivity contribution in [3.8, 4) is 0 Å². The first-order chi connectivity index (χ1) is 9.14. The summed E-state index contributed by atoms with van der Waals surface area (Å²) in [6.07, 6.45) is 5.28. The van der Waals surface area contributed by atoms with Gasteiger partial charge in [0.15, 0.2) is 0 Å². The van der Waals surface area contributed by atoms with Crippen molar-refractivity contribution >= 4 is 11.0 Å². The molecule has 1 saturated carbocycles. The van der Waals surface area contributed by atoms with Gasteiger partial charge in [-0.05, 0) is 31.4 Å². The normalized spacial score (nSPS) is 18.3. The molecule has 4 heteroatoms. The smallest absolute Gasteiger partial charge is 0.130 e. The maximum absolute atomic E-state index is 13.4. The molecule has 2 N–H and O–H groups in total. The summed E-state index contributed by atoms with van der Waals surface area (Å²) in [4.78, 5) is 4.64. The first-order valence-electron chi connectivity index (χ1n) is 7.09. The number of nitrogens with two attached hydrogens (primary N) is 1. The zero-order valence-electron chi connectivity index (χ0n) is 11.3. The Morgan fingerprint density at radius 1 is 1.37 bits per heavy atom. The van der Waals surface area contributed by atoms with Gasteiger partial charge in [0.25, 0.3) is 0 Å². The van der Waals surface area contributed by atoms with Crippen LogP contribution in [0.3, 0.4) is 0 Å². The predicted molar refractivity (Wildman–Crippen MR) is 74.3 cm³/mol. The van der Waals surface area contributed by atoms with E-state index in [9.17, 15) is 4.39 Å². The Labute approximate surface area is 112 Å². The standard InChI is InChI=1S/C15H20FN3/c1-2-9-19-13-6-5-11(16)10-12(13)18-14(19)15(17)7-3-4-8-15/h5-6,10H,2-4,7-9,17H2,1H3. The van der Waals surface area contributed by atoms with Crippen molar-refractivity contribution in [3.63, 3.8) is 0 Å². The Bertz CT molecular complexity index is 597. The van der Waals surface area contributed by atoms with Crippen molar-refractivity contribution in [1.82, 2.24) is 9.55 Å². The number of rotatable bonds is 3. The summed E-state index contributed by atoms with van der Waals surface area (Å²) in [6, 6.07) is 4.82. The molecule has 0 aliphatic heterocycles. The molecule has 0 bridgehead atoms. The highest BCUT2D eigenvalue weighted by Crippen LogP contribution is 2.37. The molecule has 0 amide bonds. The number of aromatic nitrogens is 2. The van der Waals surface area contributed by atoms with Crippen LogP contribution in [-0.2, 0) is 12.1 Å². The molecular formula is C15H20FN3. The molecular weight excluding hydrogens is 241 g/mol. The second kappa shape index (κ2) is 4.60. The molecule has 1 aromatic heterocycles. The lowest BCUT2D eigenvalue weighted by Gasteiger charge is -2.24. The fraction of sp³-hybridized carbons (Fsp3) is 0.533. The second-order valence-electron chi connectivity index (χ2n) is 5.58. The van der Waals surface area contributed by atoms with Crippen molar-refractivity contribution in [1.29, 1.82) is 0 Å². The average molecular weight is 261 g/mol. The number of imidazole rings is 1. The van der Waals surface area contributed by atoms with Crippen molar-refractivity contribution in [2.75, 3.05) is 0 Å². The summed E-state index contributed by atoms with van der Waals surface area (Å²) in [6.45, 7) is 3.02. The summed E-state index contributed by atoms with van der Waals surface area (Å²) in [5.74, 6) is 0.699. The molecule has 3 rings (SSSR count). The molecule has 1 fully saturated rings. The van der Waals surface area contributed by atoms with Gasteiger partial charge in [-0.2, -0.15) is 0 Å². The molecule has 1 heterocycles. The summed E-state index contributed by atoms with van der Waals surface area (Å²) in [5.41, 5.74) is 7.93. The molecule has 2 aromatic rings. The SMILES string of the molecule is CCCn1c(C2(N)CCCC2)nc2cc(F)ccc21. The summed E-state index contributed by atoms with van der Waals surface area (Å²) in [5, 5.41) is 0. The lowest BCUT2D eigenvalue weighted by atomic mass is 9.98. The maximum atomic E-state index is 13.4. The molecule has 1 aliphatic carbocycles. The number of hydrogen-bond acceptors (Lipinski definition) is 2. The van der Waals surface area contributed by atoms with Gasteiger partial charge in [-0.3, -0.25) is 0 Å². The van der Waals surface area contributed by atoms with E-state index in [-0.39, 0.29) is 11.4 Å². The first-order valence-corrected chi connectivity index (χ1v) is 7.09. The molecule has 1 aliphatic rings. The lowest BCUT2D eigenvalue weighted by molar-refractivity contribution is 0.409. The highest BCUT2D eigenvalue weighted by atomic mass is 19.1. The molecule has 0 atom stereocenters. The fourth-order valence-electron chi connectivity index (χ4n) is 3.16. The minimum Gasteiger partial charge on any atom is -0.326 e. The average Bonchev–Trinajstić information content (AvgIpc) is 2.95. The van der Waals surface area contributed by atoms with E-state index in [4.69, 9.17) is 5.73 Å². The number of nitrogens with zero attached hydrogens (tertiary/aromatic N) is 2. The van der Waals surface area contributed by atoms with Crippen molar-refractivity contribution in [2.24, 2.45) is 5.73 Å². The third-order valence-electron chi connectivity index (χ3n) is 4.10. The summed E-state index contributed by atoms with van der Waals surface area (Å²) in [7, 11) is 0. The Hall–Kier alpha value is -1.42. The lowest BCUT2D eigenvalue weighted by Crippen LogP contribution is -2.36. The van der Waals surface area contributed by atoms with Crippen molar-refractivity contribution in [2.45, 2.75) is 51.1 Å². The van der Waals surface area contributed by atoms with Gasteiger partial charge >= 0.3 is 0 Å². The second-order valence-corrected chi connectivity index (χ2v) is 5.58. The fourth-order valence-corrected chi connectivity index (χ4v) is 3.16. The van der Waals surface area contributed by atoms with Gasteiger partial charge in [0.05, 0.1) is 16.6 Å². The van der Waals surface area contributed by atoms with Crippen molar-refractivity contribution in [3.05, 3.63) is 29.8 Å². The van der Waals surface area contributed by atoms with Crippen LogP contribution in [0.4, 0.5) is 4.39 Å². The monoisotopic (exact) mass is 261 g/mol. The van der Waals surface area contributed by atoms with Gasteiger partial charge in [0, 0.05) is 12.6 Å². The Kier molecular flexibility index (Phi) is 3.05. The highest BCUT2D eigenvalue weighted by molar-refractivity contribution is 5.76. The van der Waals surface area contributed by atoms with E-state index in [1.807, 2.05) is 6.07 Å². The van der Waals surface area contributed by atoms with E-state index in [2.05, 4.69) is 16.5 Å². The van der Waals surface area contributed by atoms with E-state index in [0.29, 0.717) is 0 Å². The van der Waals surface area contributed by atoms with E-state index in [1.54, 1.807) is 0 Å². The number of fused-ring (bicyclic) bond motifs is 1. The van der Waals surface area contributed by atoms with Crippen LogP contribution in [0.5, 0.6) is 0 Å². The molecule has 1 aromatic carbocycles. The van der Waals surface area contributed by atoms with Crippen LogP contribution in [0.2, 0.25) is 0 Å². The van der Waals surface area contributed by atoms with Crippen molar-refractivity contribution < 1.29 is 4.39 Å². The Balaban J connectivity index is 2.19. The number of hydrogen-bond donors (Lipinski definition) is 1. The first kappa shape index (κ1) is 12.6. The van der Waals surface area contributed by atoms with Gasteiger partial charge in [-0.25, -0.2) is 9.37 Å². The van der Waals surface area contributed by atoms with Crippen LogP contribution in [-0.4, -0.2) is 9.55 Å². The van der Waals surface area contributed by atoms with Crippen LogP contribution in [0.25, 0.3) is 11.0 Å². The number of aryl methyl sites for hydroxylation is 1. The topological polar surface area (TPSA) is 43.8 Å². The summed E-state index contributed by atoms with van der Waals surface area (Å²) < 4.78 is 15.5. The molecule has 102 valence electrons. The molecule has 3 nitrogen and oxygen atoms in total. The van der Waals surface area contributed by atoms with Crippen LogP contribution in [0.1, 0.15) is 44.9 Å². The number of benzene rings is 1. The van der Waals surface area contributed by atoms with Gasteiger partial charge in [-0.1, -0.05) is 19.8 Å². The number of halogens is 1. The largest absolute Gasteiger partial charge is 0.326 e. The molecule has 0 radical (unpaired) electrons. The summed E-state index contributed by atoms with van der Waals surface area (Å²) >= 11 is 0. The van der Waals surface area contributed by atoms with E-state index < -0.39 is 0 Å². The third-order valence-corrected chi connectivity index (χ3v) is 4.10. The maximum Gasteiger partial charge on any atom is 0.130 e. The van der Waals surface area contributed by atoms with Gasteiger partial charge in [-0.15, -0.1) is 0 Å². The molecule has 0 unspecified atom stereocenters. The van der Waals surface area contributed by atoms with E-state index in [1.165, 1.54) is 12.1 Å². The minimum absolute atomic E-state index is 0.238. The molecule has 0 saturated heterocycles. The van der Waals surface area contributed by atoms with E-state index in [0.717, 1.165) is 55.5 Å². The Morgan fingerprint density at radius 2 is 2.11 bits per heavy atom. The van der Waals surface area contributed by atoms with Gasteiger partial charge in [0.1, 0.15) is 11.6 Å². The van der Waals surface area contributed by atoms with Crippen LogP contribution < -0.4 is 5.73 Å². The third kappa shape index (κ3) is 2.04.